The van der Waals surface area contributed by atoms with E-state index in [9.17, 15) is 14.0 Å². The molecular weight excluding hydrogens is 305 g/mol. The van der Waals surface area contributed by atoms with Crippen molar-refractivity contribution in [2.45, 2.75) is 6.92 Å². The number of rotatable bonds is 1. The van der Waals surface area contributed by atoms with E-state index >= 15 is 0 Å². The molecule has 2 aromatic rings. The quantitative estimate of drug-likeness (QED) is 0.823. The summed E-state index contributed by atoms with van der Waals surface area (Å²) in [6, 6.07) is 2.38. The Labute approximate surface area is 110 Å². The molecule has 0 aliphatic heterocycles. The average Bonchev–Trinajstić information content (AvgIpc) is 2.34. The maximum atomic E-state index is 13.5. The highest BCUT2D eigenvalue weighted by molar-refractivity contribution is 9.10. The molecule has 0 radical (unpaired) electrons. The molecular formula is C12H9BrFNO3. The highest BCUT2D eigenvalue weighted by atomic mass is 79.9. The maximum absolute atomic E-state index is 13.5. The first kappa shape index (κ1) is 12.8. The fraction of sp³-hybridized carbons (Fsp3) is 0.167. The Kier molecular flexibility index (Phi) is 3.21. The lowest BCUT2D eigenvalue weighted by Gasteiger charge is -2.07. The van der Waals surface area contributed by atoms with Gasteiger partial charge in [-0.15, -0.1) is 0 Å². The molecule has 0 saturated carbocycles. The van der Waals surface area contributed by atoms with Gasteiger partial charge in [0, 0.05) is 6.07 Å². The highest BCUT2D eigenvalue weighted by Crippen LogP contribution is 2.26. The number of fused-ring (bicyclic) bond motifs is 1. The minimum absolute atomic E-state index is 0.0385. The summed E-state index contributed by atoms with van der Waals surface area (Å²) < 4.78 is 18.1. The molecule has 4 nitrogen and oxygen atoms in total. The SMILES string of the molecule is COC(=O)c1cc(=O)c2c(Br)c(F)cc(C)c2[nH]1. The standard InChI is InChI=1S/C12H9BrFNO3/c1-5-3-6(14)10(13)9-8(16)4-7(12(17)18-2)15-11(5)9/h3-4H,1-2H3,(H,15,16). The van der Waals surface area contributed by atoms with Gasteiger partial charge in [-0.05, 0) is 34.5 Å². The number of ether oxygens (including phenoxy) is 1. The second kappa shape index (κ2) is 4.53. The molecule has 0 unspecified atom stereocenters. The molecule has 0 amide bonds. The second-order valence-electron chi connectivity index (χ2n) is 3.78. The third-order valence-corrected chi connectivity index (χ3v) is 3.38. The summed E-state index contributed by atoms with van der Waals surface area (Å²) in [6.07, 6.45) is 0. The van der Waals surface area contributed by atoms with E-state index in [1.807, 2.05) is 0 Å². The predicted octanol–water partition coefficient (Wildman–Crippen LogP) is 2.52. The van der Waals surface area contributed by atoms with Gasteiger partial charge in [-0.2, -0.15) is 0 Å². The zero-order valence-electron chi connectivity index (χ0n) is 9.64. The van der Waals surface area contributed by atoms with Crippen molar-refractivity contribution in [3.8, 4) is 0 Å². The van der Waals surface area contributed by atoms with E-state index < -0.39 is 17.2 Å². The lowest BCUT2D eigenvalue weighted by molar-refractivity contribution is 0.0594. The largest absolute Gasteiger partial charge is 0.464 e. The number of pyridine rings is 1. The number of aromatic amines is 1. The lowest BCUT2D eigenvalue weighted by atomic mass is 10.1. The van der Waals surface area contributed by atoms with Gasteiger partial charge in [-0.1, -0.05) is 0 Å². The zero-order valence-corrected chi connectivity index (χ0v) is 11.2. The first-order valence-corrected chi connectivity index (χ1v) is 5.85. The first-order chi connectivity index (χ1) is 8.45. The van der Waals surface area contributed by atoms with E-state index in [1.165, 1.54) is 13.2 Å². The molecule has 0 bridgehead atoms. The number of aryl methyl sites for hydroxylation is 1. The molecule has 2 rings (SSSR count). The van der Waals surface area contributed by atoms with Gasteiger partial charge in [0.05, 0.1) is 22.5 Å². The summed E-state index contributed by atoms with van der Waals surface area (Å²) >= 11 is 3.03. The summed E-state index contributed by atoms with van der Waals surface area (Å²) in [6.45, 7) is 1.65. The Morgan fingerprint density at radius 2 is 2.11 bits per heavy atom. The molecule has 0 spiro atoms. The molecule has 18 heavy (non-hydrogen) atoms. The minimum Gasteiger partial charge on any atom is -0.464 e. The average molecular weight is 314 g/mol. The third kappa shape index (κ3) is 1.92. The van der Waals surface area contributed by atoms with Crippen molar-refractivity contribution in [1.82, 2.24) is 4.98 Å². The van der Waals surface area contributed by atoms with Gasteiger partial charge in [-0.25, -0.2) is 9.18 Å². The summed E-state index contributed by atoms with van der Waals surface area (Å²) in [5.74, 6) is -1.16. The van der Waals surface area contributed by atoms with Crippen LogP contribution in [0.4, 0.5) is 4.39 Å². The number of hydrogen-bond donors (Lipinski definition) is 1. The van der Waals surface area contributed by atoms with Crippen LogP contribution < -0.4 is 5.43 Å². The molecule has 1 aromatic carbocycles. The van der Waals surface area contributed by atoms with E-state index in [0.717, 1.165) is 6.07 Å². The fourth-order valence-electron chi connectivity index (χ4n) is 1.74. The Morgan fingerprint density at radius 3 is 2.72 bits per heavy atom. The second-order valence-corrected chi connectivity index (χ2v) is 4.57. The molecule has 0 fully saturated rings. The third-order valence-electron chi connectivity index (χ3n) is 2.60. The molecule has 1 aromatic heterocycles. The summed E-state index contributed by atoms with van der Waals surface area (Å²) in [5.41, 5.74) is 0.542. The number of H-pyrrole nitrogens is 1. The summed E-state index contributed by atoms with van der Waals surface area (Å²) in [5, 5.41) is 0.181. The normalized spacial score (nSPS) is 10.7. The van der Waals surface area contributed by atoms with Crippen LogP contribution in [0.15, 0.2) is 21.4 Å². The molecule has 0 aliphatic carbocycles. The van der Waals surface area contributed by atoms with Crippen molar-refractivity contribution in [3.05, 3.63) is 43.9 Å². The topological polar surface area (TPSA) is 59.2 Å². The number of carbonyl (C=O) groups excluding carboxylic acids is 1. The molecule has 1 heterocycles. The highest BCUT2D eigenvalue weighted by Gasteiger charge is 2.15. The van der Waals surface area contributed by atoms with E-state index in [0.29, 0.717) is 11.1 Å². The van der Waals surface area contributed by atoms with Crippen LogP contribution in [0.3, 0.4) is 0 Å². The van der Waals surface area contributed by atoms with Crippen LogP contribution in [-0.4, -0.2) is 18.1 Å². The Balaban J connectivity index is 2.91. The van der Waals surface area contributed by atoms with Crippen molar-refractivity contribution in [2.75, 3.05) is 7.11 Å². The van der Waals surface area contributed by atoms with Crippen LogP contribution in [-0.2, 0) is 4.74 Å². The number of nitrogens with one attached hydrogen (secondary N) is 1. The number of halogens is 2. The van der Waals surface area contributed by atoms with E-state index in [1.54, 1.807) is 6.92 Å². The smallest absolute Gasteiger partial charge is 0.354 e. The van der Waals surface area contributed by atoms with Gasteiger partial charge in [0.15, 0.2) is 5.43 Å². The van der Waals surface area contributed by atoms with Gasteiger partial charge in [0.1, 0.15) is 11.5 Å². The number of aromatic nitrogens is 1. The number of methoxy groups -OCH3 is 1. The summed E-state index contributed by atoms with van der Waals surface area (Å²) in [4.78, 5) is 26.1. The van der Waals surface area contributed by atoms with Gasteiger partial charge in [0.25, 0.3) is 0 Å². The van der Waals surface area contributed by atoms with E-state index in [2.05, 4.69) is 25.7 Å². The van der Waals surface area contributed by atoms with E-state index in [-0.39, 0.29) is 15.6 Å². The monoisotopic (exact) mass is 313 g/mol. The van der Waals surface area contributed by atoms with Gasteiger partial charge in [0.2, 0.25) is 0 Å². The molecule has 0 saturated heterocycles. The van der Waals surface area contributed by atoms with Gasteiger partial charge in [-0.3, -0.25) is 4.79 Å². The number of hydrogen-bond acceptors (Lipinski definition) is 3. The van der Waals surface area contributed by atoms with Crippen molar-refractivity contribution in [1.29, 1.82) is 0 Å². The Bertz CT molecular complexity index is 709. The first-order valence-electron chi connectivity index (χ1n) is 5.05. The summed E-state index contributed by atoms with van der Waals surface area (Å²) in [7, 11) is 1.22. The fourth-order valence-corrected chi connectivity index (χ4v) is 2.25. The van der Waals surface area contributed by atoms with Crippen LogP contribution >= 0.6 is 15.9 Å². The van der Waals surface area contributed by atoms with Crippen LogP contribution in [0.25, 0.3) is 10.9 Å². The van der Waals surface area contributed by atoms with Crippen LogP contribution in [0, 0.1) is 12.7 Å². The molecule has 6 heteroatoms. The van der Waals surface area contributed by atoms with Crippen molar-refractivity contribution in [2.24, 2.45) is 0 Å². The maximum Gasteiger partial charge on any atom is 0.354 e. The van der Waals surface area contributed by atoms with Crippen LogP contribution in [0.5, 0.6) is 0 Å². The number of esters is 1. The van der Waals surface area contributed by atoms with Crippen LogP contribution in [0.1, 0.15) is 16.1 Å². The van der Waals surface area contributed by atoms with Crippen LogP contribution in [0.2, 0.25) is 0 Å². The van der Waals surface area contributed by atoms with Crippen molar-refractivity contribution < 1.29 is 13.9 Å². The predicted molar refractivity (Wildman–Crippen MR) is 68.3 cm³/mol. The molecule has 0 aliphatic rings. The minimum atomic E-state index is -0.645. The van der Waals surface area contributed by atoms with Crippen molar-refractivity contribution >= 4 is 32.8 Å². The molecule has 1 N–H and O–H groups in total. The van der Waals surface area contributed by atoms with Gasteiger partial charge < -0.3 is 9.72 Å². The lowest BCUT2D eigenvalue weighted by Crippen LogP contribution is -2.12. The Hall–Kier alpha value is -1.69. The number of benzene rings is 1. The zero-order chi connectivity index (χ0) is 13.4. The van der Waals surface area contributed by atoms with E-state index in [4.69, 9.17) is 0 Å². The Morgan fingerprint density at radius 1 is 1.44 bits per heavy atom. The number of carbonyl (C=O) groups is 1. The van der Waals surface area contributed by atoms with Crippen molar-refractivity contribution in [3.63, 3.8) is 0 Å². The molecule has 0 atom stereocenters. The van der Waals surface area contributed by atoms with Gasteiger partial charge >= 0.3 is 5.97 Å². The molecule has 94 valence electrons.